The lowest BCUT2D eigenvalue weighted by Gasteiger charge is -2.04. The normalized spacial score (nSPS) is 10.5. The Labute approximate surface area is 87.1 Å². The lowest BCUT2D eigenvalue weighted by molar-refractivity contribution is 0.100. The molecular weight excluding hydrogens is 190 g/mol. The van der Waals surface area contributed by atoms with Crippen molar-refractivity contribution in [3.63, 3.8) is 0 Å². The molecule has 0 fully saturated rings. The Morgan fingerprint density at radius 2 is 2.07 bits per heavy atom. The van der Waals surface area contributed by atoms with Gasteiger partial charge < -0.3 is 10.8 Å². The molecule has 0 aliphatic heterocycles. The first kappa shape index (κ1) is 9.68. The van der Waals surface area contributed by atoms with E-state index in [1.165, 1.54) is 0 Å². The largest absolute Gasteiger partial charge is 0.508 e. The average molecular weight is 201 g/mol. The number of fused-ring (bicyclic) bond motifs is 1. The first-order valence-electron chi connectivity index (χ1n) is 4.67. The molecule has 0 aliphatic rings. The van der Waals surface area contributed by atoms with E-state index in [-0.39, 0.29) is 18.1 Å². The predicted octanol–water partition coefficient (Wildman–Crippen LogP) is 1.69. The molecule has 3 N–H and O–H groups in total. The Hall–Kier alpha value is -1.87. The van der Waals surface area contributed by atoms with E-state index in [0.717, 1.165) is 10.8 Å². The van der Waals surface area contributed by atoms with Gasteiger partial charge in [-0.3, -0.25) is 4.79 Å². The summed E-state index contributed by atoms with van der Waals surface area (Å²) in [5, 5.41) is 11.0. The Morgan fingerprint density at radius 3 is 2.80 bits per heavy atom. The number of hydrogen-bond acceptors (Lipinski definition) is 3. The molecule has 0 heterocycles. The Morgan fingerprint density at radius 1 is 1.27 bits per heavy atom. The highest BCUT2D eigenvalue weighted by Gasteiger charge is 2.08. The van der Waals surface area contributed by atoms with Gasteiger partial charge in [-0.25, -0.2) is 0 Å². The molecular formula is C12H11NO2. The van der Waals surface area contributed by atoms with Crippen LogP contribution in [0.4, 0.5) is 0 Å². The highest BCUT2D eigenvalue weighted by molar-refractivity contribution is 6.09. The third kappa shape index (κ3) is 1.69. The molecule has 0 atom stereocenters. The second-order valence-corrected chi connectivity index (χ2v) is 3.34. The third-order valence-corrected chi connectivity index (χ3v) is 2.35. The monoisotopic (exact) mass is 201 g/mol. The summed E-state index contributed by atoms with van der Waals surface area (Å²) in [6, 6.07) is 10.4. The van der Waals surface area contributed by atoms with Crippen molar-refractivity contribution in [3.05, 3.63) is 42.0 Å². The van der Waals surface area contributed by atoms with E-state index in [1.807, 2.05) is 12.1 Å². The molecule has 3 heteroatoms. The van der Waals surface area contributed by atoms with Gasteiger partial charge in [-0.1, -0.05) is 24.3 Å². The fraction of sp³-hybridized carbons (Fsp3) is 0.0833. The van der Waals surface area contributed by atoms with Crippen LogP contribution in [0, 0.1) is 0 Å². The fourth-order valence-corrected chi connectivity index (χ4v) is 1.61. The van der Waals surface area contributed by atoms with Crippen molar-refractivity contribution < 1.29 is 9.90 Å². The number of ketones is 1. The molecule has 0 spiro atoms. The Balaban J connectivity index is 2.74. The molecule has 3 nitrogen and oxygen atoms in total. The Kier molecular flexibility index (Phi) is 2.39. The fourth-order valence-electron chi connectivity index (χ4n) is 1.61. The molecule has 0 saturated carbocycles. The van der Waals surface area contributed by atoms with Gasteiger partial charge in [0.1, 0.15) is 5.75 Å². The molecule has 2 aromatic carbocycles. The van der Waals surface area contributed by atoms with Gasteiger partial charge in [0.2, 0.25) is 0 Å². The summed E-state index contributed by atoms with van der Waals surface area (Å²) in [6.07, 6.45) is 0. The van der Waals surface area contributed by atoms with E-state index in [2.05, 4.69) is 0 Å². The number of carbonyl (C=O) groups is 1. The van der Waals surface area contributed by atoms with E-state index in [9.17, 15) is 9.90 Å². The van der Waals surface area contributed by atoms with Gasteiger partial charge in [0.25, 0.3) is 0 Å². The standard InChI is InChI=1S/C12H11NO2/c13-7-12(15)10-3-1-2-8-4-5-9(14)6-11(8)10/h1-6,14H,7,13H2. The van der Waals surface area contributed by atoms with E-state index >= 15 is 0 Å². The van der Waals surface area contributed by atoms with Gasteiger partial charge in [0.15, 0.2) is 5.78 Å². The maximum absolute atomic E-state index is 11.5. The molecule has 2 rings (SSSR count). The minimum Gasteiger partial charge on any atom is -0.508 e. The van der Waals surface area contributed by atoms with Gasteiger partial charge in [-0.15, -0.1) is 0 Å². The highest BCUT2D eigenvalue weighted by atomic mass is 16.3. The number of rotatable bonds is 2. The number of phenolic OH excluding ortho intramolecular Hbond substituents is 1. The van der Waals surface area contributed by atoms with Crippen molar-refractivity contribution in [3.8, 4) is 5.75 Å². The van der Waals surface area contributed by atoms with Crippen molar-refractivity contribution in [2.45, 2.75) is 0 Å². The average Bonchev–Trinajstić information content (AvgIpc) is 2.27. The van der Waals surface area contributed by atoms with Crippen LogP contribution in [0.1, 0.15) is 10.4 Å². The van der Waals surface area contributed by atoms with Crippen LogP contribution in [0.25, 0.3) is 10.8 Å². The summed E-state index contributed by atoms with van der Waals surface area (Å²) < 4.78 is 0. The molecule has 2 aromatic rings. The highest BCUT2D eigenvalue weighted by Crippen LogP contribution is 2.23. The van der Waals surface area contributed by atoms with E-state index in [0.29, 0.717) is 5.56 Å². The zero-order valence-corrected chi connectivity index (χ0v) is 8.10. The molecule has 15 heavy (non-hydrogen) atoms. The molecule has 0 saturated heterocycles. The number of nitrogens with two attached hydrogens (primary N) is 1. The van der Waals surface area contributed by atoms with Gasteiger partial charge in [0.05, 0.1) is 6.54 Å². The van der Waals surface area contributed by atoms with E-state index in [4.69, 9.17) is 5.73 Å². The van der Waals surface area contributed by atoms with Crippen LogP contribution in [0.2, 0.25) is 0 Å². The number of carbonyl (C=O) groups excluding carboxylic acids is 1. The zero-order chi connectivity index (χ0) is 10.8. The van der Waals surface area contributed by atoms with E-state index < -0.39 is 0 Å². The van der Waals surface area contributed by atoms with Crippen LogP contribution >= 0.6 is 0 Å². The number of benzene rings is 2. The van der Waals surface area contributed by atoms with Crippen LogP contribution in [0.5, 0.6) is 5.75 Å². The van der Waals surface area contributed by atoms with Gasteiger partial charge in [-0.2, -0.15) is 0 Å². The van der Waals surface area contributed by atoms with Crippen LogP contribution in [0.15, 0.2) is 36.4 Å². The zero-order valence-electron chi connectivity index (χ0n) is 8.10. The van der Waals surface area contributed by atoms with Crippen molar-refractivity contribution in [1.29, 1.82) is 0 Å². The van der Waals surface area contributed by atoms with Crippen molar-refractivity contribution in [2.24, 2.45) is 5.73 Å². The summed E-state index contributed by atoms with van der Waals surface area (Å²) in [6.45, 7) is -0.0191. The quantitative estimate of drug-likeness (QED) is 0.727. The summed E-state index contributed by atoms with van der Waals surface area (Å²) in [5.74, 6) is 0.0333. The van der Waals surface area contributed by atoms with Gasteiger partial charge in [-0.05, 0) is 22.9 Å². The lowest BCUT2D eigenvalue weighted by atomic mass is 10.0. The topological polar surface area (TPSA) is 63.3 Å². The molecule has 0 aliphatic carbocycles. The van der Waals surface area contributed by atoms with Crippen molar-refractivity contribution >= 4 is 16.6 Å². The summed E-state index contributed by atoms with van der Waals surface area (Å²) in [4.78, 5) is 11.5. The molecule has 76 valence electrons. The number of hydrogen-bond donors (Lipinski definition) is 2. The number of Topliss-reactive ketones (excluding diaryl/α,β-unsaturated/α-hetero) is 1. The maximum atomic E-state index is 11.5. The summed E-state index contributed by atoms with van der Waals surface area (Å²) in [5.41, 5.74) is 5.88. The third-order valence-electron chi connectivity index (χ3n) is 2.35. The lowest BCUT2D eigenvalue weighted by Crippen LogP contribution is -2.13. The van der Waals surface area contributed by atoms with Gasteiger partial charge >= 0.3 is 0 Å². The molecule has 0 unspecified atom stereocenters. The molecule has 0 bridgehead atoms. The smallest absolute Gasteiger partial charge is 0.177 e. The van der Waals surface area contributed by atoms with Gasteiger partial charge in [0, 0.05) is 5.56 Å². The van der Waals surface area contributed by atoms with E-state index in [1.54, 1.807) is 24.3 Å². The van der Waals surface area contributed by atoms with Crippen LogP contribution in [-0.2, 0) is 0 Å². The molecule has 0 radical (unpaired) electrons. The second kappa shape index (κ2) is 3.71. The molecule has 0 aromatic heterocycles. The summed E-state index contributed by atoms with van der Waals surface area (Å²) in [7, 11) is 0. The minimum atomic E-state index is -0.119. The number of phenols is 1. The first-order valence-corrected chi connectivity index (χ1v) is 4.67. The van der Waals surface area contributed by atoms with Crippen molar-refractivity contribution in [1.82, 2.24) is 0 Å². The Bertz CT molecular complexity index is 520. The van der Waals surface area contributed by atoms with Crippen LogP contribution in [0.3, 0.4) is 0 Å². The second-order valence-electron chi connectivity index (χ2n) is 3.34. The number of aromatic hydroxyl groups is 1. The van der Waals surface area contributed by atoms with Crippen LogP contribution < -0.4 is 5.73 Å². The predicted molar refractivity (Wildman–Crippen MR) is 59.0 cm³/mol. The first-order chi connectivity index (χ1) is 7.22. The molecule has 0 amide bonds. The van der Waals surface area contributed by atoms with Crippen LogP contribution in [-0.4, -0.2) is 17.4 Å². The van der Waals surface area contributed by atoms with Crippen molar-refractivity contribution in [2.75, 3.05) is 6.54 Å². The minimum absolute atomic E-state index is 0.0191. The summed E-state index contributed by atoms with van der Waals surface area (Å²) >= 11 is 0. The maximum Gasteiger partial charge on any atom is 0.177 e. The SMILES string of the molecule is NCC(=O)c1cccc2ccc(O)cc12.